The van der Waals surface area contributed by atoms with Gasteiger partial charge in [-0.2, -0.15) is 13.2 Å². The number of aliphatic carboxylic acids is 1. The molecule has 1 aromatic rings. The van der Waals surface area contributed by atoms with Crippen LogP contribution in [-0.2, 0) is 11.0 Å². The Morgan fingerprint density at radius 3 is 2.28 bits per heavy atom. The van der Waals surface area contributed by atoms with Gasteiger partial charge in [0.1, 0.15) is 6.10 Å². The first-order chi connectivity index (χ1) is 8.14. The van der Waals surface area contributed by atoms with Gasteiger partial charge in [0.05, 0.1) is 5.56 Å². The number of rotatable bonds is 3. The minimum atomic E-state index is -4.82. The van der Waals surface area contributed by atoms with Crippen LogP contribution in [0, 0.1) is 0 Å². The van der Waals surface area contributed by atoms with E-state index >= 15 is 0 Å². The zero-order valence-electron chi connectivity index (χ0n) is 8.65. The Kier molecular flexibility index (Phi) is 4.20. The fourth-order valence-electron chi connectivity index (χ4n) is 1.34. The van der Waals surface area contributed by atoms with E-state index in [-0.39, 0.29) is 5.02 Å². The zero-order valence-corrected chi connectivity index (χ0v) is 9.40. The number of benzene rings is 1. The highest BCUT2D eigenvalue weighted by atomic mass is 35.5. The zero-order chi connectivity index (χ0) is 14.1. The molecule has 0 spiro atoms. The summed E-state index contributed by atoms with van der Waals surface area (Å²) >= 11 is 5.41. The number of hydrogen-bond acceptors (Lipinski definition) is 3. The van der Waals surface area contributed by atoms with E-state index in [2.05, 4.69) is 0 Å². The Labute approximate surface area is 104 Å². The highest BCUT2D eigenvalue weighted by molar-refractivity contribution is 6.30. The van der Waals surface area contributed by atoms with Crippen molar-refractivity contribution in [1.82, 2.24) is 0 Å². The average molecular weight is 285 g/mol. The average Bonchev–Trinajstić information content (AvgIpc) is 2.25. The molecule has 4 nitrogen and oxygen atoms in total. The van der Waals surface area contributed by atoms with Crippen molar-refractivity contribution in [1.29, 1.82) is 0 Å². The maximum atomic E-state index is 12.7. The third kappa shape index (κ3) is 3.12. The number of carboxylic acid groups (broad SMARTS) is 1. The molecule has 0 saturated heterocycles. The van der Waals surface area contributed by atoms with Crippen LogP contribution in [0.4, 0.5) is 13.2 Å². The van der Waals surface area contributed by atoms with Gasteiger partial charge in [0.15, 0.2) is 6.10 Å². The number of aliphatic hydroxyl groups is 2. The van der Waals surface area contributed by atoms with Gasteiger partial charge in [-0.3, -0.25) is 0 Å². The number of carboxylic acids is 1. The Morgan fingerprint density at radius 1 is 1.28 bits per heavy atom. The van der Waals surface area contributed by atoms with Crippen molar-refractivity contribution in [2.45, 2.75) is 18.4 Å². The van der Waals surface area contributed by atoms with Crippen LogP contribution in [0.15, 0.2) is 18.2 Å². The molecule has 0 aliphatic rings. The Bertz CT molecular complexity index is 461. The van der Waals surface area contributed by atoms with E-state index in [0.29, 0.717) is 6.07 Å². The summed E-state index contributed by atoms with van der Waals surface area (Å²) in [4.78, 5) is 10.4. The molecule has 0 aromatic heterocycles. The van der Waals surface area contributed by atoms with Gasteiger partial charge in [-0.15, -0.1) is 0 Å². The molecule has 0 radical (unpaired) electrons. The van der Waals surface area contributed by atoms with Gasteiger partial charge in [-0.25, -0.2) is 4.79 Å². The van der Waals surface area contributed by atoms with Crippen molar-refractivity contribution in [2.24, 2.45) is 0 Å². The molecule has 0 bridgehead atoms. The Balaban J connectivity index is 3.28. The standard InChI is InChI=1S/C10H8ClF3O4/c11-4-1-2-5(6(3-4)10(12,13)14)7(15)8(16)9(17)18/h1-3,7-8,15-16H,(H,17,18). The minimum Gasteiger partial charge on any atom is -0.479 e. The molecule has 0 aliphatic carbocycles. The smallest absolute Gasteiger partial charge is 0.416 e. The second kappa shape index (κ2) is 5.13. The first-order valence-corrected chi connectivity index (χ1v) is 4.98. The molecule has 0 fully saturated rings. The number of carbonyl (C=O) groups is 1. The van der Waals surface area contributed by atoms with Crippen LogP contribution in [0.1, 0.15) is 17.2 Å². The van der Waals surface area contributed by atoms with Gasteiger partial charge >= 0.3 is 12.1 Å². The number of hydrogen-bond donors (Lipinski definition) is 3. The topological polar surface area (TPSA) is 77.8 Å². The van der Waals surface area contributed by atoms with Gasteiger partial charge in [-0.1, -0.05) is 17.7 Å². The molecule has 2 unspecified atom stereocenters. The molecule has 18 heavy (non-hydrogen) atoms. The van der Waals surface area contributed by atoms with Crippen molar-refractivity contribution in [2.75, 3.05) is 0 Å². The molecular weight excluding hydrogens is 277 g/mol. The minimum absolute atomic E-state index is 0.219. The Hall–Kier alpha value is -1.31. The van der Waals surface area contributed by atoms with Crippen LogP contribution in [0.5, 0.6) is 0 Å². The van der Waals surface area contributed by atoms with Crippen molar-refractivity contribution in [3.05, 3.63) is 34.3 Å². The normalized spacial score (nSPS) is 15.2. The lowest BCUT2D eigenvalue weighted by atomic mass is 9.98. The molecule has 0 amide bonds. The predicted octanol–water partition coefficient (Wildman–Crippen LogP) is 1.84. The van der Waals surface area contributed by atoms with Crippen LogP contribution >= 0.6 is 11.6 Å². The van der Waals surface area contributed by atoms with Crippen molar-refractivity contribution >= 4 is 17.6 Å². The monoisotopic (exact) mass is 284 g/mol. The summed E-state index contributed by atoms with van der Waals surface area (Å²) in [6.07, 6.45) is -9.37. The maximum absolute atomic E-state index is 12.7. The van der Waals surface area contributed by atoms with E-state index in [0.717, 1.165) is 12.1 Å². The second-order valence-electron chi connectivity index (χ2n) is 3.46. The lowest BCUT2D eigenvalue weighted by molar-refractivity contribution is -0.155. The van der Waals surface area contributed by atoms with Crippen LogP contribution in [0.3, 0.4) is 0 Å². The number of aliphatic hydroxyl groups excluding tert-OH is 2. The molecule has 1 aromatic carbocycles. The lowest BCUT2D eigenvalue weighted by Gasteiger charge is -2.19. The van der Waals surface area contributed by atoms with Crippen molar-refractivity contribution < 1.29 is 33.3 Å². The van der Waals surface area contributed by atoms with E-state index in [9.17, 15) is 23.1 Å². The molecule has 8 heteroatoms. The quantitative estimate of drug-likeness (QED) is 0.791. The molecule has 0 saturated carbocycles. The van der Waals surface area contributed by atoms with Crippen LogP contribution in [0.2, 0.25) is 5.02 Å². The molecule has 0 heterocycles. The van der Waals surface area contributed by atoms with Gasteiger partial charge in [0.25, 0.3) is 0 Å². The molecule has 2 atom stereocenters. The van der Waals surface area contributed by atoms with Crippen LogP contribution in [0.25, 0.3) is 0 Å². The summed E-state index contributed by atoms with van der Waals surface area (Å²) in [5, 5.41) is 26.7. The van der Waals surface area contributed by atoms with Crippen molar-refractivity contribution in [3.8, 4) is 0 Å². The van der Waals surface area contributed by atoms with E-state index < -0.39 is 35.5 Å². The molecule has 3 N–H and O–H groups in total. The summed E-state index contributed by atoms with van der Waals surface area (Å²) in [6.45, 7) is 0. The fraction of sp³-hybridized carbons (Fsp3) is 0.300. The third-order valence-electron chi connectivity index (χ3n) is 2.19. The summed E-state index contributed by atoms with van der Waals surface area (Å²) in [6, 6.07) is 2.43. The van der Waals surface area contributed by atoms with Crippen LogP contribution < -0.4 is 0 Å². The van der Waals surface area contributed by atoms with E-state index in [1.165, 1.54) is 0 Å². The van der Waals surface area contributed by atoms with Crippen LogP contribution in [-0.4, -0.2) is 27.4 Å². The summed E-state index contributed by atoms with van der Waals surface area (Å²) < 4.78 is 38.0. The third-order valence-corrected chi connectivity index (χ3v) is 2.43. The molecular formula is C10H8ClF3O4. The van der Waals surface area contributed by atoms with Crippen molar-refractivity contribution in [3.63, 3.8) is 0 Å². The highest BCUT2D eigenvalue weighted by Gasteiger charge is 2.38. The number of halogens is 4. The molecule has 0 aliphatic heterocycles. The fourth-order valence-corrected chi connectivity index (χ4v) is 1.51. The first kappa shape index (κ1) is 14.7. The maximum Gasteiger partial charge on any atom is 0.416 e. The van der Waals surface area contributed by atoms with E-state index in [1.807, 2.05) is 0 Å². The molecule has 1 rings (SSSR count). The van der Waals surface area contributed by atoms with Gasteiger partial charge in [-0.05, 0) is 17.7 Å². The lowest BCUT2D eigenvalue weighted by Crippen LogP contribution is -2.29. The van der Waals surface area contributed by atoms with Gasteiger partial charge < -0.3 is 15.3 Å². The summed E-state index contributed by atoms with van der Waals surface area (Å²) in [5.41, 5.74) is -2.04. The summed E-state index contributed by atoms with van der Waals surface area (Å²) in [5.74, 6) is -1.83. The van der Waals surface area contributed by atoms with E-state index in [1.54, 1.807) is 0 Å². The summed E-state index contributed by atoms with van der Waals surface area (Å²) in [7, 11) is 0. The van der Waals surface area contributed by atoms with Gasteiger partial charge in [0.2, 0.25) is 0 Å². The number of alkyl halides is 3. The predicted molar refractivity (Wildman–Crippen MR) is 55.1 cm³/mol. The Morgan fingerprint density at radius 2 is 1.83 bits per heavy atom. The largest absolute Gasteiger partial charge is 0.479 e. The van der Waals surface area contributed by atoms with Gasteiger partial charge in [0, 0.05) is 5.02 Å². The molecule has 100 valence electrons. The second-order valence-corrected chi connectivity index (χ2v) is 3.89. The SMILES string of the molecule is O=C(O)C(O)C(O)c1ccc(Cl)cc1C(F)(F)F. The van der Waals surface area contributed by atoms with E-state index in [4.69, 9.17) is 21.8 Å². The highest BCUT2D eigenvalue weighted by Crippen LogP contribution is 2.37. The first-order valence-electron chi connectivity index (χ1n) is 4.60.